The lowest BCUT2D eigenvalue weighted by atomic mass is 10.2. The summed E-state index contributed by atoms with van der Waals surface area (Å²) in [4.78, 5) is 20.3. The molecule has 1 heterocycles. The minimum Gasteiger partial charge on any atom is -0.492 e. The lowest BCUT2D eigenvalue weighted by Gasteiger charge is -2.12. The maximum atomic E-state index is 12.2. The minimum atomic E-state index is -0.355. The first-order valence-electron chi connectivity index (χ1n) is 8.96. The van der Waals surface area contributed by atoms with Crippen LogP contribution in [0.4, 0.5) is 5.69 Å². The van der Waals surface area contributed by atoms with Crippen LogP contribution in [-0.2, 0) is 0 Å². The Bertz CT molecular complexity index is 841. The van der Waals surface area contributed by atoms with E-state index in [1.807, 2.05) is 0 Å². The summed E-state index contributed by atoms with van der Waals surface area (Å²) in [5.74, 6) is 0.270. The largest absolute Gasteiger partial charge is 0.492 e. The highest BCUT2D eigenvalue weighted by Crippen LogP contribution is 2.27. The number of halogens is 1. The van der Waals surface area contributed by atoms with E-state index in [2.05, 4.69) is 27.5 Å². The number of rotatable bonds is 8. The Morgan fingerprint density at radius 1 is 1.32 bits per heavy atom. The van der Waals surface area contributed by atoms with Crippen LogP contribution < -0.4 is 15.4 Å². The molecule has 148 valence electrons. The van der Waals surface area contributed by atoms with Gasteiger partial charge in [0.15, 0.2) is 5.11 Å². The topological polar surface area (TPSA) is 75.6 Å². The van der Waals surface area contributed by atoms with Crippen molar-refractivity contribution in [2.45, 2.75) is 26.2 Å². The van der Waals surface area contributed by atoms with E-state index in [1.165, 1.54) is 6.20 Å². The third-order valence-electron chi connectivity index (χ3n) is 3.73. The smallest absolute Gasteiger partial charge is 0.258 e. The lowest BCUT2D eigenvalue weighted by Crippen LogP contribution is -2.34. The van der Waals surface area contributed by atoms with Crippen LogP contribution in [0.25, 0.3) is 0 Å². The molecule has 1 amide bonds. The zero-order valence-electron chi connectivity index (χ0n) is 15.9. The van der Waals surface area contributed by atoms with Crippen LogP contribution in [0.15, 0.2) is 41.5 Å². The summed E-state index contributed by atoms with van der Waals surface area (Å²) in [7, 11) is 1.66. The summed E-state index contributed by atoms with van der Waals surface area (Å²) < 4.78 is 5.67. The molecule has 2 N–H and O–H groups in total. The van der Waals surface area contributed by atoms with Gasteiger partial charge < -0.3 is 10.1 Å². The molecule has 0 unspecified atom stereocenters. The number of amides is 1. The predicted octanol–water partition coefficient (Wildman–Crippen LogP) is 4.48. The third kappa shape index (κ3) is 6.90. The second kappa shape index (κ2) is 11.4. The highest BCUT2D eigenvalue weighted by Gasteiger charge is 2.10. The number of thiocarbonyl (C=S) groups is 1. The number of hydrogen-bond donors (Lipinski definition) is 2. The maximum absolute atomic E-state index is 12.2. The van der Waals surface area contributed by atoms with Crippen molar-refractivity contribution in [2.75, 3.05) is 19.0 Å². The van der Waals surface area contributed by atoms with Gasteiger partial charge in [-0.1, -0.05) is 31.4 Å². The molecule has 0 saturated heterocycles. The number of pyridine rings is 1. The van der Waals surface area contributed by atoms with Crippen LogP contribution in [0, 0.1) is 0 Å². The van der Waals surface area contributed by atoms with E-state index in [0.717, 1.165) is 19.3 Å². The Balaban J connectivity index is 1.89. The van der Waals surface area contributed by atoms with Crippen molar-refractivity contribution >= 4 is 46.7 Å². The Morgan fingerprint density at radius 2 is 2.14 bits per heavy atom. The maximum Gasteiger partial charge on any atom is 0.258 e. The molecule has 0 spiro atoms. The molecular weight excluding hydrogens is 396 g/mol. The van der Waals surface area contributed by atoms with Crippen molar-refractivity contribution in [3.8, 4) is 5.75 Å². The molecule has 2 rings (SSSR count). The van der Waals surface area contributed by atoms with Crippen molar-refractivity contribution in [1.29, 1.82) is 0 Å². The first kappa shape index (κ1) is 21.8. The molecule has 0 bridgehead atoms. The van der Waals surface area contributed by atoms with Gasteiger partial charge in [-0.2, -0.15) is 0 Å². The number of aliphatic imine (C=N–C) groups is 1. The molecule has 8 heteroatoms. The van der Waals surface area contributed by atoms with Gasteiger partial charge in [-0.05, 0) is 49.0 Å². The van der Waals surface area contributed by atoms with E-state index in [9.17, 15) is 4.79 Å². The Kier molecular flexibility index (Phi) is 8.84. The third-order valence-corrected chi connectivity index (χ3v) is 4.23. The van der Waals surface area contributed by atoms with E-state index >= 15 is 0 Å². The van der Waals surface area contributed by atoms with Crippen molar-refractivity contribution < 1.29 is 9.53 Å². The molecule has 28 heavy (non-hydrogen) atoms. The Hall–Kier alpha value is -2.51. The monoisotopic (exact) mass is 418 g/mol. The highest BCUT2D eigenvalue weighted by molar-refractivity contribution is 7.80. The summed E-state index contributed by atoms with van der Waals surface area (Å²) in [6, 6.07) is 8.63. The SMILES string of the molecule is CCCCCOc1ccc(NC(=S)NC(=O)c2ccc(C=NC)nc2)cc1Cl. The molecule has 0 aliphatic heterocycles. The van der Waals surface area contributed by atoms with Gasteiger partial charge in [0.1, 0.15) is 5.75 Å². The van der Waals surface area contributed by atoms with Gasteiger partial charge >= 0.3 is 0 Å². The van der Waals surface area contributed by atoms with Crippen molar-refractivity contribution in [2.24, 2.45) is 4.99 Å². The van der Waals surface area contributed by atoms with Crippen molar-refractivity contribution in [3.05, 3.63) is 52.8 Å². The zero-order chi connectivity index (χ0) is 20.4. The Morgan fingerprint density at radius 3 is 2.79 bits per heavy atom. The molecule has 6 nitrogen and oxygen atoms in total. The van der Waals surface area contributed by atoms with Gasteiger partial charge in [0.05, 0.1) is 22.9 Å². The summed E-state index contributed by atoms with van der Waals surface area (Å²) >= 11 is 11.4. The first-order valence-corrected chi connectivity index (χ1v) is 9.75. The molecule has 0 saturated carbocycles. The van der Waals surface area contributed by atoms with Crippen molar-refractivity contribution in [1.82, 2.24) is 10.3 Å². The lowest BCUT2D eigenvalue weighted by molar-refractivity contribution is 0.0977. The summed E-state index contributed by atoms with van der Waals surface area (Å²) in [5, 5.41) is 6.19. The zero-order valence-corrected chi connectivity index (χ0v) is 17.4. The standard InChI is InChI=1S/C20H23ClN4O2S/c1-3-4-5-10-27-18-9-8-15(11-17(18)21)24-20(28)25-19(26)14-6-7-16(13-22-2)23-12-14/h6-9,11-13H,3-5,10H2,1-2H3,(H2,24,25,26,28). The first-order chi connectivity index (χ1) is 13.5. The molecule has 0 radical (unpaired) electrons. The quantitative estimate of drug-likeness (QED) is 0.375. The molecule has 1 aromatic heterocycles. The number of carbonyl (C=O) groups is 1. The number of carbonyl (C=O) groups excluding carboxylic acids is 1. The van der Waals surface area contributed by atoms with E-state index in [4.69, 9.17) is 28.6 Å². The van der Waals surface area contributed by atoms with Gasteiger partial charge in [0, 0.05) is 25.1 Å². The second-order valence-electron chi connectivity index (χ2n) is 5.97. The van der Waals surface area contributed by atoms with Gasteiger partial charge in [-0.25, -0.2) is 0 Å². The Labute approximate surface area is 175 Å². The summed E-state index contributed by atoms with van der Waals surface area (Å²) in [6.45, 7) is 2.77. The minimum absolute atomic E-state index is 0.164. The summed E-state index contributed by atoms with van der Waals surface area (Å²) in [6.07, 6.45) is 6.32. The predicted molar refractivity (Wildman–Crippen MR) is 118 cm³/mol. The number of anilines is 1. The van der Waals surface area contributed by atoms with E-state index < -0.39 is 0 Å². The van der Waals surface area contributed by atoms with Crippen LogP contribution in [-0.4, -0.2) is 35.9 Å². The number of benzene rings is 1. The molecule has 1 aromatic carbocycles. The fourth-order valence-electron chi connectivity index (χ4n) is 2.32. The number of hydrogen-bond acceptors (Lipinski definition) is 5. The van der Waals surface area contributed by atoms with E-state index in [-0.39, 0.29) is 11.0 Å². The fraction of sp³-hybridized carbons (Fsp3) is 0.300. The number of aromatic nitrogens is 1. The number of ether oxygens (including phenoxy) is 1. The second-order valence-corrected chi connectivity index (χ2v) is 6.78. The number of nitrogens with zero attached hydrogens (tertiary/aromatic N) is 2. The fourth-order valence-corrected chi connectivity index (χ4v) is 2.76. The van der Waals surface area contributed by atoms with Gasteiger partial charge in [0.25, 0.3) is 5.91 Å². The molecule has 0 fully saturated rings. The molecule has 2 aromatic rings. The van der Waals surface area contributed by atoms with Crippen LogP contribution in [0.1, 0.15) is 42.2 Å². The van der Waals surface area contributed by atoms with Crippen LogP contribution in [0.3, 0.4) is 0 Å². The molecule has 0 aliphatic carbocycles. The molecule has 0 atom stereocenters. The van der Waals surface area contributed by atoms with Crippen LogP contribution >= 0.6 is 23.8 Å². The average molecular weight is 419 g/mol. The van der Waals surface area contributed by atoms with Gasteiger partial charge in [0.2, 0.25) is 0 Å². The van der Waals surface area contributed by atoms with Crippen LogP contribution in [0.2, 0.25) is 5.02 Å². The molecule has 0 aliphatic rings. The van der Waals surface area contributed by atoms with Gasteiger partial charge in [-0.15, -0.1) is 0 Å². The van der Waals surface area contributed by atoms with Gasteiger partial charge in [-0.3, -0.25) is 20.1 Å². The van der Waals surface area contributed by atoms with Crippen LogP contribution in [0.5, 0.6) is 5.75 Å². The van der Waals surface area contributed by atoms with Crippen molar-refractivity contribution in [3.63, 3.8) is 0 Å². The highest BCUT2D eigenvalue weighted by atomic mass is 35.5. The normalized spacial score (nSPS) is 10.7. The number of unbranched alkanes of at least 4 members (excludes halogenated alkanes) is 2. The van der Waals surface area contributed by atoms with E-state index in [0.29, 0.717) is 34.3 Å². The molecular formula is C20H23ClN4O2S. The number of nitrogens with one attached hydrogen (secondary N) is 2. The summed E-state index contributed by atoms with van der Waals surface area (Å²) in [5.41, 5.74) is 1.72. The average Bonchev–Trinajstić information content (AvgIpc) is 2.67. The van der Waals surface area contributed by atoms with E-state index in [1.54, 1.807) is 43.6 Å².